The monoisotopic (exact) mass is 171 g/mol. The lowest BCUT2D eigenvalue weighted by atomic mass is 10.1. The van der Waals surface area contributed by atoms with Crippen LogP contribution in [0.2, 0.25) is 0 Å². The SMILES string of the molecule is N#CN=C(/C=C\N)c1ccccc1. The van der Waals surface area contributed by atoms with Gasteiger partial charge in [0.05, 0.1) is 5.71 Å². The summed E-state index contributed by atoms with van der Waals surface area (Å²) in [5.74, 6) is 0. The van der Waals surface area contributed by atoms with Crippen molar-refractivity contribution in [2.24, 2.45) is 10.7 Å². The number of rotatable bonds is 2. The van der Waals surface area contributed by atoms with Crippen molar-refractivity contribution in [3.63, 3.8) is 0 Å². The molecule has 0 saturated carbocycles. The molecule has 1 aromatic rings. The molecule has 64 valence electrons. The van der Waals surface area contributed by atoms with E-state index < -0.39 is 0 Å². The van der Waals surface area contributed by atoms with Crippen LogP contribution in [0.4, 0.5) is 0 Å². The van der Waals surface area contributed by atoms with E-state index in [1.54, 1.807) is 12.3 Å². The molecule has 1 rings (SSSR count). The number of hydrogen-bond donors (Lipinski definition) is 1. The third-order valence-electron chi connectivity index (χ3n) is 1.49. The molecule has 2 N–H and O–H groups in total. The van der Waals surface area contributed by atoms with E-state index in [0.29, 0.717) is 5.71 Å². The van der Waals surface area contributed by atoms with E-state index >= 15 is 0 Å². The van der Waals surface area contributed by atoms with Crippen molar-refractivity contribution < 1.29 is 0 Å². The molecule has 0 aromatic heterocycles. The fourth-order valence-corrected chi connectivity index (χ4v) is 0.952. The lowest BCUT2D eigenvalue weighted by Crippen LogP contribution is -1.96. The minimum Gasteiger partial charge on any atom is -0.405 e. The summed E-state index contributed by atoms with van der Waals surface area (Å²) >= 11 is 0. The highest BCUT2D eigenvalue weighted by Crippen LogP contribution is 2.01. The highest BCUT2D eigenvalue weighted by molar-refractivity contribution is 6.09. The van der Waals surface area contributed by atoms with Crippen LogP contribution >= 0.6 is 0 Å². The lowest BCUT2D eigenvalue weighted by molar-refractivity contribution is 1.43. The third kappa shape index (κ3) is 2.46. The summed E-state index contributed by atoms with van der Waals surface area (Å²) in [7, 11) is 0. The number of benzene rings is 1. The smallest absolute Gasteiger partial charge is 0.206 e. The molecule has 0 radical (unpaired) electrons. The van der Waals surface area contributed by atoms with Crippen molar-refractivity contribution in [1.29, 1.82) is 5.26 Å². The summed E-state index contributed by atoms with van der Waals surface area (Å²) in [4.78, 5) is 3.64. The summed E-state index contributed by atoms with van der Waals surface area (Å²) in [5.41, 5.74) is 6.68. The Labute approximate surface area is 76.8 Å². The normalized spacial score (nSPS) is 11.5. The van der Waals surface area contributed by atoms with Crippen LogP contribution in [0, 0.1) is 11.5 Å². The van der Waals surface area contributed by atoms with Crippen LogP contribution in [0.5, 0.6) is 0 Å². The molecule has 0 spiro atoms. The molecule has 0 bridgehead atoms. The molecule has 0 aliphatic carbocycles. The van der Waals surface area contributed by atoms with Crippen molar-refractivity contribution in [3.05, 3.63) is 48.2 Å². The van der Waals surface area contributed by atoms with Crippen molar-refractivity contribution >= 4 is 5.71 Å². The number of aliphatic imine (C=N–C) groups is 1. The highest BCUT2D eigenvalue weighted by atomic mass is 14.7. The van der Waals surface area contributed by atoms with Crippen molar-refractivity contribution in [3.8, 4) is 6.19 Å². The Bertz CT molecular complexity index is 358. The van der Waals surface area contributed by atoms with Gasteiger partial charge in [-0.1, -0.05) is 30.3 Å². The van der Waals surface area contributed by atoms with Crippen molar-refractivity contribution in [2.75, 3.05) is 0 Å². The van der Waals surface area contributed by atoms with Gasteiger partial charge in [-0.2, -0.15) is 10.3 Å². The van der Waals surface area contributed by atoms with E-state index in [1.165, 1.54) is 6.20 Å². The minimum absolute atomic E-state index is 0.575. The maximum absolute atomic E-state index is 8.41. The van der Waals surface area contributed by atoms with Crippen LogP contribution in [-0.2, 0) is 0 Å². The van der Waals surface area contributed by atoms with Gasteiger partial charge in [-0.25, -0.2) is 0 Å². The Morgan fingerprint density at radius 1 is 1.38 bits per heavy atom. The molecular formula is C10H9N3. The third-order valence-corrected chi connectivity index (χ3v) is 1.49. The lowest BCUT2D eigenvalue weighted by Gasteiger charge is -1.96. The van der Waals surface area contributed by atoms with Gasteiger partial charge in [0.1, 0.15) is 0 Å². The fraction of sp³-hybridized carbons (Fsp3) is 0. The maximum atomic E-state index is 8.41. The number of nitriles is 1. The largest absolute Gasteiger partial charge is 0.405 e. The van der Waals surface area contributed by atoms with Crippen LogP contribution in [0.1, 0.15) is 5.56 Å². The minimum atomic E-state index is 0.575. The molecule has 0 fully saturated rings. The summed E-state index contributed by atoms with van der Waals surface area (Å²) in [6, 6.07) is 9.41. The Morgan fingerprint density at radius 2 is 2.08 bits per heavy atom. The van der Waals surface area contributed by atoms with E-state index in [9.17, 15) is 0 Å². The van der Waals surface area contributed by atoms with Crippen molar-refractivity contribution in [1.82, 2.24) is 0 Å². The van der Waals surface area contributed by atoms with E-state index in [0.717, 1.165) is 5.56 Å². The summed E-state index contributed by atoms with van der Waals surface area (Å²) in [6.45, 7) is 0. The highest BCUT2D eigenvalue weighted by Gasteiger charge is 1.96. The van der Waals surface area contributed by atoms with Gasteiger partial charge in [0.25, 0.3) is 0 Å². The molecule has 0 amide bonds. The van der Waals surface area contributed by atoms with Crippen LogP contribution in [0.15, 0.2) is 47.6 Å². The number of nitrogens with two attached hydrogens (primary N) is 1. The Hall–Kier alpha value is -2.08. The fourth-order valence-electron chi connectivity index (χ4n) is 0.952. The molecule has 0 saturated heterocycles. The zero-order valence-electron chi connectivity index (χ0n) is 7.01. The molecule has 0 heterocycles. The first-order valence-electron chi connectivity index (χ1n) is 3.79. The molecule has 13 heavy (non-hydrogen) atoms. The predicted octanol–water partition coefficient (Wildman–Crippen LogP) is 1.43. The summed E-state index contributed by atoms with van der Waals surface area (Å²) in [6.07, 6.45) is 4.69. The van der Waals surface area contributed by atoms with Crippen LogP contribution in [0.25, 0.3) is 0 Å². The van der Waals surface area contributed by atoms with Gasteiger partial charge < -0.3 is 5.73 Å². The first-order valence-corrected chi connectivity index (χ1v) is 3.79. The molecule has 0 aliphatic heterocycles. The van der Waals surface area contributed by atoms with Gasteiger partial charge in [0.2, 0.25) is 6.19 Å². The topological polar surface area (TPSA) is 62.2 Å². The molecule has 0 aliphatic rings. The first-order chi connectivity index (χ1) is 6.38. The molecule has 0 unspecified atom stereocenters. The number of allylic oxidation sites excluding steroid dienone is 1. The molecule has 1 aromatic carbocycles. The Kier molecular flexibility index (Phi) is 3.28. The predicted molar refractivity (Wildman–Crippen MR) is 51.9 cm³/mol. The van der Waals surface area contributed by atoms with E-state index in [2.05, 4.69) is 4.99 Å². The molecule has 3 heteroatoms. The van der Waals surface area contributed by atoms with Crippen LogP contribution < -0.4 is 5.73 Å². The van der Waals surface area contributed by atoms with Crippen LogP contribution in [-0.4, -0.2) is 5.71 Å². The zero-order valence-corrected chi connectivity index (χ0v) is 7.01. The molecule has 3 nitrogen and oxygen atoms in total. The average Bonchev–Trinajstić information content (AvgIpc) is 2.19. The van der Waals surface area contributed by atoms with Gasteiger partial charge >= 0.3 is 0 Å². The first kappa shape index (κ1) is 9.01. The van der Waals surface area contributed by atoms with Crippen molar-refractivity contribution in [2.45, 2.75) is 0 Å². The van der Waals surface area contributed by atoms with E-state index in [-0.39, 0.29) is 0 Å². The van der Waals surface area contributed by atoms with Gasteiger partial charge in [0, 0.05) is 5.56 Å². The quantitative estimate of drug-likeness (QED) is 0.540. The molecular weight excluding hydrogens is 162 g/mol. The Morgan fingerprint density at radius 3 is 2.62 bits per heavy atom. The summed E-state index contributed by atoms with van der Waals surface area (Å²) in [5, 5.41) is 8.41. The average molecular weight is 171 g/mol. The standard InChI is InChI=1S/C10H9N3/c11-7-6-10(13-8-12)9-4-2-1-3-5-9/h1-7H,11H2/b7-6-,13-10?. The number of nitrogens with zero attached hydrogens (tertiary/aromatic N) is 2. The maximum Gasteiger partial charge on any atom is 0.206 e. The van der Waals surface area contributed by atoms with Gasteiger partial charge in [-0.05, 0) is 12.3 Å². The second-order valence-electron chi connectivity index (χ2n) is 2.32. The molecule has 0 atom stereocenters. The van der Waals surface area contributed by atoms with Crippen LogP contribution in [0.3, 0.4) is 0 Å². The van der Waals surface area contributed by atoms with E-state index in [1.807, 2.05) is 30.3 Å². The summed E-state index contributed by atoms with van der Waals surface area (Å²) < 4.78 is 0. The Balaban J connectivity index is 3.05. The van der Waals surface area contributed by atoms with Gasteiger partial charge in [-0.3, -0.25) is 0 Å². The van der Waals surface area contributed by atoms with Gasteiger partial charge in [0.15, 0.2) is 0 Å². The van der Waals surface area contributed by atoms with E-state index in [4.69, 9.17) is 11.0 Å². The zero-order chi connectivity index (χ0) is 9.52. The number of hydrogen-bond acceptors (Lipinski definition) is 3. The van der Waals surface area contributed by atoms with Gasteiger partial charge in [-0.15, -0.1) is 0 Å². The second-order valence-corrected chi connectivity index (χ2v) is 2.32. The second kappa shape index (κ2) is 4.73.